The minimum absolute atomic E-state index is 0.0134. The number of fused-ring (bicyclic) bond motifs is 3. The molecule has 1 amide bonds. The molecule has 3 aliphatic rings. The molecule has 0 heterocycles. The number of hydrogen-bond donors (Lipinski definition) is 5. The summed E-state index contributed by atoms with van der Waals surface area (Å²) in [7, 11) is 10.3. The van der Waals surface area contributed by atoms with E-state index in [0.29, 0.717) is 17.5 Å². The van der Waals surface area contributed by atoms with Gasteiger partial charge >= 0.3 is 0 Å². The molecular weight excluding hydrogens is 504 g/mol. The van der Waals surface area contributed by atoms with Crippen LogP contribution in [0.2, 0.25) is 0 Å². The number of benzene rings is 1. The lowest BCUT2D eigenvalue weighted by Crippen LogP contribution is -2.60. The lowest BCUT2D eigenvalue weighted by atomic mass is 9.57. The van der Waals surface area contributed by atoms with Gasteiger partial charge in [0, 0.05) is 49.5 Å². The third-order valence-corrected chi connectivity index (χ3v) is 8.36. The maximum atomic E-state index is 14.1. The van der Waals surface area contributed by atoms with E-state index in [-0.39, 0.29) is 46.8 Å². The van der Waals surface area contributed by atoms with Crippen molar-refractivity contribution < 1.29 is 34.9 Å². The molecule has 39 heavy (non-hydrogen) atoms. The van der Waals surface area contributed by atoms with Gasteiger partial charge in [0.2, 0.25) is 0 Å². The van der Waals surface area contributed by atoms with E-state index in [1.54, 1.807) is 33.0 Å². The van der Waals surface area contributed by atoms with Crippen molar-refractivity contribution in [3.63, 3.8) is 0 Å². The van der Waals surface area contributed by atoms with E-state index < -0.39 is 40.9 Å². The molecule has 0 bridgehead atoms. The first-order valence-electron chi connectivity index (χ1n) is 12.8. The molecule has 6 N–H and O–H groups in total. The van der Waals surface area contributed by atoms with Crippen molar-refractivity contribution in [3.8, 4) is 5.75 Å². The van der Waals surface area contributed by atoms with Crippen LogP contribution in [0.4, 0.5) is 5.69 Å². The second kappa shape index (κ2) is 9.98. The molecule has 4 rings (SSSR count). The minimum Gasteiger partial charge on any atom is -0.510 e. The summed E-state index contributed by atoms with van der Waals surface area (Å²) in [5, 5.41) is 47.9. The molecule has 11 nitrogen and oxygen atoms in total. The van der Waals surface area contributed by atoms with Crippen LogP contribution in [0.3, 0.4) is 0 Å². The average Bonchev–Trinajstić information content (AvgIpc) is 2.85. The zero-order valence-corrected chi connectivity index (χ0v) is 23.4. The summed E-state index contributed by atoms with van der Waals surface area (Å²) in [6.07, 6.45) is 1.96. The molecule has 0 radical (unpaired) electrons. The Bertz CT molecular complexity index is 1330. The van der Waals surface area contributed by atoms with E-state index in [9.17, 15) is 30.0 Å². The number of nitrogens with zero attached hydrogens (tertiary/aromatic N) is 3. The number of phenols is 1. The highest BCUT2D eigenvalue weighted by Gasteiger charge is 2.60. The number of anilines is 1. The summed E-state index contributed by atoms with van der Waals surface area (Å²) < 4.78 is 0. The summed E-state index contributed by atoms with van der Waals surface area (Å²) in [5.74, 6) is -3.94. The standard InChI is InChI=1S/C28H38N4O7/c1-8-16-21(27(29)37)25(35)22(31(4)5)17-10-13-9-15-18(30(2)3)11-14(12-32(6)39-7)23(33)20(15)24(34)19(13)26(36)28(16,17)38/h8,11,13,17,22,33,35-36,38H,9-10,12H2,1-7H3,(H2,29,37)/b16-8-/t13-,17-,22-,28-/m0/s1. The lowest BCUT2D eigenvalue weighted by molar-refractivity contribution is -0.117. The van der Waals surface area contributed by atoms with Crippen molar-refractivity contribution in [1.82, 2.24) is 9.96 Å². The van der Waals surface area contributed by atoms with Crippen LogP contribution in [-0.2, 0) is 22.6 Å². The number of nitrogens with two attached hydrogens (primary N) is 1. The molecule has 0 spiro atoms. The molecule has 0 saturated carbocycles. The zero-order chi connectivity index (χ0) is 29.1. The number of carbonyl (C=O) groups excluding carboxylic acids is 2. The largest absolute Gasteiger partial charge is 0.510 e. The van der Waals surface area contributed by atoms with Crippen molar-refractivity contribution in [3.05, 3.63) is 57.1 Å². The third-order valence-electron chi connectivity index (χ3n) is 8.36. The fraction of sp³-hybridized carbons (Fsp3) is 0.500. The van der Waals surface area contributed by atoms with Crippen LogP contribution in [-0.4, -0.2) is 96.1 Å². The number of likely N-dealkylation sites (N-methyl/N-ethyl adjacent to an activating group) is 1. The summed E-state index contributed by atoms with van der Waals surface area (Å²) in [5.41, 5.74) is 5.03. The van der Waals surface area contributed by atoms with Gasteiger partial charge in [-0.05, 0) is 51.4 Å². The first-order valence-corrected chi connectivity index (χ1v) is 12.8. The van der Waals surface area contributed by atoms with E-state index in [0.717, 1.165) is 5.69 Å². The van der Waals surface area contributed by atoms with Gasteiger partial charge in [-0.2, -0.15) is 5.06 Å². The molecule has 0 saturated heterocycles. The molecule has 4 atom stereocenters. The predicted octanol–water partition coefficient (Wildman–Crippen LogP) is 1.56. The molecule has 0 aromatic heterocycles. The fourth-order valence-corrected chi connectivity index (χ4v) is 6.64. The molecule has 0 aliphatic heterocycles. The number of amides is 1. The van der Waals surface area contributed by atoms with Crippen molar-refractivity contribution in [2.75, 3.05) is 47.2 Å². The highest BCUT2D eigenvalue weighted by atomic mass is 16.7. The summed E-state index contributed by atoms with van der Waals surface area (Å²) in [4.78, 5) is 35.3. The molecule has 1 aromatic rings. The first-order chi connectivity index (χ1) is 18.2. The van der Waals surface area contributed by atoms with E-state index in [2.05, 4.69) is 0 Å². The second-order valence-electron chi connectivity index (χ2n) is 11.0. The summed E-state index contributed by atoms with van der Waals surface area (Å²) >= 11 is 0. The van der Waals surface area contributed by atoms with Crippen LogP contribution in [0.1, 0.15) is 34.8 Å². The third kappa shape index (κ3) is 4.11. The number of phenolic OH excluding ortho intramolecular Hbond substituents is 1. The number of allylic oxidation sites excluding steroid dienone is 2. The number of Topliss-reactive ketones (excluding diaryl/α,β-unsaturated/α-hetero) is 1. The minimum atomic E-state index is -2.16. The predicted molar refractivity (Wildman–Crippen MR) is 145 cm³/mol. The molecule has 11 heteroatoms. The molecule has 3 aliphatic carbocycles. The Morgan fingerprint density at radius 2 is 1.85 bits per heavy atom. The molecule has 0 fully saturated rings. The summed E-state index contributed by atoms with van der Waals surface area (Å²) in [6, 6.07) is 0.967. The van der Waals surface area contributed by atoms with Gasteiger partial charge in [-0.3, -0.25) is 14.5 Å². The van der Waals surface area contributed by atoms with Crippen molar-refractivity contribution in [2.24, 2.45) is 17.6 Å². The monoisotopic (exact) mass is 542 g/mol. The van der Waals surface area contributed by atoms with Crippen molar-refractivity contribution in [1.29, 1.82) is 0 Å². The number of aromatic hydroxyl groups is 1. The Morgan fingerprint density at radius 3 is 2.36 bits per heavy atom. The second-order valence-corrected chi connectivity index (χ2v) is 11.0. The Morgan fingerprint density at radius 1 is 1.21 bits per heavy atom. The molecular formula is C28H38N4O7. The number of aliphatic hydroxyl groups excluding tert-OH is 2. The summed E-state index contributed by atoms with van der Waals surface area (Å²) in [6.45, 7) is 1.76. The van der Waals surface area contributed by atoms with Crippen LogP contribution in [0.5, 0.6) is 5.75 Å². The van der Waals surface area contributed by atoms with E-state index in [1.165, 1.54) is 18.2 Å². The van der Waals surface area contributed by atoms with Crippen LogP contribution in [0.25, 0.3) is 0 Å². The Kier molecular flexibility index (Phi) is 7.32. The van der Waals surface area contributed by atoms with Crippen LogP contribution in [0, 0.1) is 11.8 Å². The van der Waals surface area contributed by atoms with E-state index in [4.69, 9.17) is 10.6 Å². The van der Waals surface area contributed by atoms with Gasteiger partial charge in [0.05, 0.1) is 30.8 Å². The van der Waals surface area contributed by atoms with Gasteiger partial charge in [-0.15, -0.1) is 0 Å². The normalized spacial score (nSPS) is 27.7. The number of ketones is 1. The Hall–Kier alpha value is -3.38. The van der Waals surface area contributed by atoms with Gasteiger partial charge in [-0.1, -0.05) is 6.08 Å². The van der Waals surface area contributed by atoms with Crippen LogP contribution in [0.15, 0.2) is 40.4 Å². The lowest BCUT2D eigenvalue weighted by Gasteiger charge is -2.52. The molecule has 212 valence electrons. The van der Waals surface area contributed by atoms with Crippen LogP contribution >= 0.6 is 0 Å². The van der Waals surface area contributed by atoms with Gasteiger partial charge in [0.25, 0.3) is 5.91 Å². The number of hydroxylamine groups is 2. The number of hydrogen-bond acceptors (Lipinski definition) is 10. The van der Waals surface area contributed by atoms with E-state index >= 15 is 0 Å². The zero-order valence-electron chi connectivity index (χ0n) is 23.4. The maximum Gasteiger partial charge on any atom is 0.252 e. The quantitative estimate of drug-likeness (QED) is 0.334. The number of aliphatic hydroxyl groups is 3. The SMILES string of the molecule is C/C=C1/C(C(N)=O)=C(O)[C@@H](N(C)C)[C@@H]2C[C@@H]3Cc4c(N(C)C)cc(CN(C)OC)c(O)c4C(=O)C3=C(O)[C@]12O. The van der Waals surface area contributed by atoms with Gasteiger partial charge in [0.1, 0.15) is 17.3 Å². The molecule has 1 aromatic carbocycles. The van der Waals surface area contributed by atoms with Gasteiger partial charge in [0.15, 0.2) is 11.4 Å². The Balaban J connectivity index is 1.99. The number of carbonyl (C=O) groups is 2. The topological polar surface area (TPSA) is 160 Å². The Labute approximate surface area is 228 Å². The average molecular weight is 543 g/mol. The molecule has 0 unspecified atom stereocenters. The number of primary amides is 1. The maximum absolute atomic E-state index is 14.1. The highest BCUT2D eigenvalue weighted by molar-refractivity contribution is 6.15. The highest BCUT2D eigenvalue weighted by Crippen LogP contribution is 2.56. The van der Waals surface area contributed by atoms with Crippen LogP contribution < -0.4 is 10.6 Å². The van der Waals surface area contributed by atoms with E-state index in [1.807, 2.05) is 25.1 Å². The van der Waals surface area contributed by atoms with Gasteiger partial charge < -0.3 is 35.9 Å². The first kappa shape index (κ1) is 28.6. The van der Waals surface area contributed by atoms with Gasteiger partial charge in [-0.25, -0.2) is 0 Å². The smallest absolute Gasteiger partial charge is 0.252 e. The van der Waals surface area contributed by atoms with Crippen molar-refractivity contribution in [2.45, 2.75) is 38.0 Å². The number of rotatable bonds is 6. The van der Waals surface area contributed by atoms with Crippen molar-refractivity contribution >= 4 is 17.4 Å². The fourth-order valence-electron chi connectivity index (χ4n) is 6.64.